The van der Waals surface area contributed by atoms with Crippen molar-refractivity contribution in [3.8, 4) is 0 Å². The molecule has 1 amide bonds. The quantitative estimate of drug-likeness (QED) is 0.802. The van der Waals surface area contributed by atoms with E-state index in [2.05, 4.69) is 20.5 Å². The van der Waals surface area contributed by atoms with Crippen LogP contribution in [0.4, 0.5) is 0 Å². The van der Waals surface area contributed by atoms with Crippen molar-refractivity contribution in [1.82, 2.24) is 20.5 Å². The SMILES string of the molecule is CC(NC(=O)C1CCCS1)c1ncn[nH]1. The molecule has 82 valence electrons. The molecule has 1 fully saturated rings. The summed E-state index contributed by atoms with van der Waals surface area (Å²) in [6, 6.07) is -0.0961. The lowest BCUT2D eigenvalue weighted by Gasteiger charge is -2.14. The Morgan fingerprint density at radius 2 is 2.67 bits per heavy atom. The van der Waals surface area contributed by atoms with Gasteiger partial charge in [0.2, 0.25) is 5.91 Å². The predicted molar refractivity (Wildman–Crippen MR) is 58.4 cm³/mol. The first kappa shape index (κ1) is 10.5. The molecule has 1 aromatic rings. The van der Waals surface area contributed by atoms with E-state index >= 15 is 0 Å². The van der Waals surface area contributed by atoms with Crippen molar-refractivity contribution in [2.75, 3.05) is 5.75 Å². The molecule has 2 rings (SSSR count). The zero-order valence-electron chi connectivity index (χ0n) is 8.56. The molecule has 2 heterocycles. The molecular formula is C9H14N4OS. The molecule has 2 N–H and O–H groups in total. The Hall–Kier alpha value is -1.04. The van der Waals surface area contributed by atoms with E-state index in [1.807, 2.05) is 6.92 Å². The smallest absolute Gasteiger partial charge is 0.233 e. The molecule has 1 aliphatic rings. The Bertz CT molecular complexity index is 321. The van der Waals surface area contributed by atoms with Gasteiger partial charge in [0.25, 0.3) is 0 Å². The fourth-order valence-electron chi connectivity index (χ4n) is 1.58. The van der Waals surface area contributed by atoms with E-state index in [-0.39, 0.29) is 17.2 Å². The van der Waals surface area contributed by atoms with Crippen LogP contribution in [0.15, 0.2) is 6.33 Å². The largest absolute Gasteiger partial charge is 0.345 e. The molecule has 5 nitrogen and oxygen atoms in total. The molecule has 15 heavy (non-hydrogen) atoms. The van der Waals surface area contributed by atoms with Crippen molar-refractivity contribution >= 4 is 17.7 Å². The lowest BCUT2D eigenvalue weighted by atomic mass is 10.2. The first-order valence-electron chi connectivity index (χ1n) is 5.04. The summed E-state index contributed by atoms with van der Waals surface area (Å²) in [5.74, 6) is 1.90. The molecule has 1 aliphatic heterocycles. The zero-order chi connectivity index (χ0) is 10.7. The highest BCUT2D eigenvalue weighted by molar-refractivity contribution is 8.00. The average Bonchev–Trinajstić information content (AvgIpc) is 2.91. The van der Waals surface area contributed by atoms with E-state index in [9.17, 15) is 4.79 Å². The molecule has 0 bridgehead atoms. The minimum absolute atomic E-state index is 0.0961. The van der Waals surface area contributed by atoms with Crippen LogP contribution < -0.4 is 5.32 Å². The van der Waals surface area contributed by atoms with Crippen LogP contribution in [0.1, 0.15) is 31.6 Å². The third-order valence-corrected chi connectivity index (χ3v) is 3.80. The maximum Gasteiger partial charge on any atom is 0.233 e. The summed E-state index contributed by atoms with van der Waals surface area (Å²) < 4.78 is 0. The predicted octanol–water partition coefficient (Wildman–Crippen LogP) is 0.877. The standard InChI is InChI=1S/C9H14N4OS/c1-6(8-10-5-11-13-8)12-9(14)7-3-2-4-15-7/h5-7H,2-4H2,1H3,(H,12,14)(H,10,11,13). The van der Waals surface area contributed by atoms with Gasteiger partial charge in [0.1, 0.15) is 12.2 Å². The maximum atomic E-state index is 11.8. The van der Waals surface area contributed by atoms with Gasteiger partial charge in [0, 0.05) is 0 Å². The number of aromatic amines is 1. The molecule has 2 unspecified atom stereocenters. The summed E-state index contributed by atoms with van der Waals surface area (Å²) in [5.41, 5.74) is 0. The number of aromatic nitrogens is 3. The number of hydrogen-bond donors (Lipinski definition) is 2. The number of carbonyl (C=O) groups excluding carboxylic acids is 1. The molecule has 0 aromatic carbocycles. The summed E-state index contributed by atoms with van der Waals surface area (Å²) in [6.45, 7) is 1.90. The number of carbonyl (C=O) groups is 1. The molecule has 0 saturated carbocycles. The molecule has 1 aromatic heterocycles. The van der Waals surface area contributed by atoms with Gasteiger partial charge in [-0.05, 0) is 25.5 Å². The van der Waals surface area contributed by atoms with E-state index in [1.54, 1.807) is 11.8 Å². The number of hydrogen-bond acceptors (Lipinski definition) is 4. The van der Waals surface area contributed by atoms with Crippen molar-refractivity contribution in [3.63, 3.8) is 0 Å². The second kappa shape index (κ2) is 4.65. The highest BCUT2D eigenvalue weighted by Crippen LogP contribution is 2.26. The normalized spacial score (nSPS) is 22.6. The van der Waals surface area contributed by atoms with Crippen LogP contribution >= 0.6 is 11.8 Å². The van der Waals surface area contributed by atoms with Crippen LogP contribution in [0.2, 0.25) is 0 Å². The van der Waals surface area contributed by atoms with Gasteiger partial charge in [-0.15, -0.1) is 11.8 Å². The zero-order valence-corrected chi connectivity index (χ0v) is 9.38. The lowest BCUT2D eigenvalue weighted by Crippen LogP contribution is -2.33. The van der Waals surface area contributed by atoms with Crippen LogP contribution in [0, 0.1) is 0 Å². The number of H-pyrrole nitrogens is 1. The van der Waals surface area contributed by atoms with Gasteiger partial charge in [0.15, 0.2) is 0 Å². The highest BCUT2D eigenvalue weighted by Gasteiger charge is 2.24. The van der Waals surface area contributed by atoms with Gasteiger partial charge < -0.3 is 5.32 Å². The summed E-state index contributed by atoms with van der Waals surface area (Å²) >= 11 is 1.73. The second-order valence-corrected chi connectivity index (χ2v) is 4.91. The minimum Gasteiger partial charge on any atom is -0.345 e. The monoisotopic (exact) mass is 226 g/mol. The number of thioether (sulfide) groups is 1. The Balaban J connectivity index is 1.88. The fraction of sp³-hybridized carbons (Fsp3) is 0.667. The summed E-state index contributed by atoms with van der Waals surface area (Å²) in [7, 11) is 0. The maximum absolute atomic E-state index is 11.8. The van der Waals surface area contributed by atoms with Crippen LogP contribution in [0.25, 0.3) is 0 Å². The Kier molecular flexibility index (Phi) is 3.25. The van der Waals surface area contributed by atoms with Crippen LogP contribution in [-0.4, -0.2) is 32.1 Å². The molecule has 2 atom stereocenters. The molecule has 0 spiro atoms. The van der Waals surface area contributed by atoms with Gasteiger partial charge in [-0.2, -0.15) is 5.10 Å². The molecule has 1 saturated heterocycles. The lowest BCUT2D eigenvalue weighted by molar-refractivity contribution is -0.121. The number of rotatable bonds is 3. The van der Waals surface area contributed by atoms with Crippen molar-refractivity contribution in [2.24, 2.45) is 0 Å². The van der Waals surface area contributed by atoms with E-state index in [0.29, 0.717) is 5.82 Å². The average molecular weight is 226 g/mol. The second-order valence-electron chi connectivity index (χ2n) is 3.60. The Morgan fingerprint density at radius 1 is 1.80 bits per heavy atom. The van der Waals surface area contributed by atoms with E-state index in [1.165, 1.54) is 6.33 Å². The van der Waals surface area contributed by atoms with Gasteiger partial charge in [-0.25, -0.2) is 4.98 Å². The third kappa shape index (κ3) is 2.50. The topological polar surface area (TPSA) is 70.7 Å². The van der Waals surface area contributed by atoms with Crippen LogP contribution in [0.3, 0.4) is 0 Å². The minimum atomic E-state index is -0.0961. The Morgan fingerprint density at radius 3 is 3.27 bits per heavy atom. The van der Waals surface area contributed by atoms with E-state index in [4.69, 9.17) is 0 Å². The first-order valence-corrected chi connectivity index (χ1v) is 6.09. The van der Waals surface area contributed by atoms with Gasteiger partial charge in [0.05, 0.1) is 11.3 Å². The number of nitrogens with one attached hydrogen (secondary N) is 2. The van der Waals surface area contributed by atoms with Crippen molar-refractivity contribution in [2.45, 2.75) is 31.1 Å². The van der Waals surface area contributed by atoms with E-state index in [0.717, 1.165) is 18.6 Å². The number of nitrogens with zero attached hydrogens (tertiary/aromatic N) is 2. The van der Waals surface area contributed by atoms with Crippen molar-refractivity contribution in [1.29, 1.82) is 0 Å². The molecule has 0 aliphatic carbocycles. The molecule has 6 heteroatoms. The van der Waals surface area contributed by atoms with Crippen LogP contribution in [0.5, 0.6) is 0 Å². The fourth-order valence-corrected chi connectivity index (χ4v) is 2.75. The summed E-state index contributed by atoms with van der Waals surface area (Å²) in [6.07, 6.45) is 3.57. The van der Waals surface area contributed by atoms with Crippen LogP contribution in [-0.2, 0) is 4.79 Å². The molecule has 0 radical (unpaired) electrons. The molecular weight excluding hydrogens is 212 g/mol. The number of amides is 1. The van der Waals surface area contributed by atoms with Crippen molar-refractivity contribution in [3.05, 3.63) is 12.2 Å². The first-order chi connectivity index (χ1) is 7.27. The van der Waals surface area contributed by atoms with Crippen molar-refractivity contribution < 1.29 is 4.79 Å². The highest BCUT2D eigenvalue weighted by atomic mass is 32.2. The van der Waals surface area contributed by atoms with Gasteiger partial charge in [-0.1, -0.05) is 0 Å². The van der Waals surface area contributed by atoms with Gasteiger partial charge >= 0.3 is 0 Å². The Labute approximate surface area is 92.4 Å². The van der Waals surface area contributed by atoms with Gasteiger partial charge in [-0.3, -0.25) is 9.89 Å². The van der Waals surface area contributed by atoms with E-state index < -0.39 is 0 Å². The summed E-state index contributed by atoms with van der Waals surface area (Å²) in [5, 5.41) is 9.56. The summed E-state index contributed by atoms with van der Waals surface area (Å²) in [4.78, 5) is 15.8. The third-order valence-electron chi connectivity index (χ3n) is 2.42.